The molecule has 0 radical (unpaired) electrons. The van der Waals surface area contributed by atoms with Crippen LogP contribution in [-0.2, 0) is 10.0 Å². The van der Waals surface area contributed by atoms with Crippen LogP contribution < -0.4 is 0 Å². The third-order valence-corrected chi connectivity index (χ3v) is 6.98. The zero-order valence-corrected chi connectivity index (χ0v) is 16.7. The molecule has 142 valence electrons. The van der Waals surface area contributed by atoms with E-state index in [0.29, 0.717) is 27.3 Å². The van der Waals surface area contributed by atoms with E-state index in [9.17, 15) is 13.2 Å². The van der Waals surface area contributed by atoms with Gasteiger partial charge in [-0.15, -0.1) is 11.3 Å². The minimum absolute atomic E-state index is 0.140. The van der Waals surface area contributed by atoms with Gasteiger partial charge in [0.2, 0.25) is 15.8 Å². The van der Waals surface area contributed by atoms with Crippen molar-refractivity contribution in [3.8, 4) is 11.3 Å². The molecule has 0 aliphatic rings. The maximum Gasteiger partial charge on any atom is 0.242 e. The number of fused-ring (bicyclic) bond motifs is 1. The summed E-state index contributed by atoms with van der Waals surface area (Å²) in [5.41, 5.74) is 2.14. The molecule has 3 aromatic heterocycles. The van der Waals surface area contributed by atoms with Crippen LogP contribution in [0.25, 0.3) is 16.9 Å². The van der Waals surface area contributed by atoms with Crippen LogP contribution in [0, 0.1) is 0 Å². The van der Waals surface area contributed by atoms with Gasteiger partial charge in [-0.2, -0.15) is 5.10 Å². The lowest BCUT2D eigenvalue weighted by Gasteiger charge is -2.12. The van der Waals surface area contributed by atoms with E-state index in [0.717, 1.165) is 0 Å². The van der Waals surface area contributed by atoms with Crippen molar-refractivity contribution < 1.29 is 13.2 Å². The van der Waals surface area contributed by atoms with E-state index in [1.165, 1.54) is 35.9 Å². The van der Waals surface area contributed by atoms with Gasteiger partial charge in [0.25, 0.3) is 0 Å². The fourth-order valence-electron chi connectivity index (χ4n) is 2.84. The molecule has 9 heteroatoms. The summed E-state index contributed by atoms with van der Waals surface area (Å²) in [7, 11) is -0.586. The number of thiophene rings is 1. The fraction of sp³-hybridized carbons (Fsp3) is 0.105. The summed E-state index contributed by atoms with van der Waals surface area (Å²) >= 11 is 1.36. The molecule has 28 heavy (non-hydrogen) atoms. The summed E-state index contributed by atoms with van der Waals surface area (Å²) in [6.45, 7) is 0. The molecule has 3 heterocycles. The fourth-order valence-corrected chi connectivity index (χ4v) is 4.46. The van der Waals surface area contributed by atoms with E-state index in [-0.39, 0.29) is 10.7 Å². The number of nitrogens with zero attached hydrogens (tertiary/aromatic N) is 4. The standard InChI is InChI=1S/C19H16N4O3S2/c1-22(2)28(25,26)14-6-3-5-13(11-14)16-8-9-20-19-15(12-21-23(16)19)18(24)17-7-4-10-27-17/h3-12H,1-2H3. The topological polar surface area (TPSA) is 84.6 Å². The molecule has 0 saturated carbocycles. The molecule has 0 aliphatic heterocycles. The first-order chi connectivity index (χ1) is 13.4. The van der Waals surface area contributed by atoms with E-state index in [4.69, 9.17) is 0 Å². The van der Waals surface area contributed by atoms with Crippen molar-refractivity contribution in [1.29, 1.82) is 0 Å². The lowest BCUT2D eigenvalue weighted by molar-refractivity contribution is 0.104. The van der Waals surface area contributed by atoms with Crippen LogP contribution >= 0.6 is 11.3 Å². The quantitative estimate of drug-likeness (QED) is 0.471. The lowest BCUT2D eigenvalue weighted by Crippen LogP contribution is -2.22. The van der Waals surface area contributed by atoms with Gasteiger partial charge in [-0.05, 0) is 29.6 Å². The number of carbonyl (C=O) groups is 1. The second kappa shape index (κ2) is 6.93. The Labute approximate surface area is 165 Å². The third-order valence-electron chi connectivity index (χ3n) is 4.30. The van der Waals surface area contributed by atoms with Gasteiger partial charge in [0.15, 0.2) is 5.65 Å². The van der Waals surface area contributed by atoms with Crippen molar-refractivity contribution >= 4 is 32.8 Å². The molecule has 7 nitrogen and oxygen atoms in total. The maximum absolute atomic E-state index is 12.7. The summed E-state index contributed by atoms with van der Waals surface area (Å²) in [6, 6.07) is 11.9. The number of hydrogen-bond acceptors (Lipinski definition) is 6. The number of ketones is 1. The number of benzene rings is 1. The van der Waals surface area contributed by atoms with E-state index in [2.05, 4.69) is 10.1 Å². The van der Waals surface area contributed by atoms with Crippen molar-refractivity contribution in [2.75, 3.05) is 14.1 Å². The van der Waals surface area contributed by atoms with Crippen LogP contribution in [0.4, 0.5) is 0 Å². The lowest BCUT2D eigenvalue weighted by atomic mass is 10.1. The molecular formula is C19H16N4O3S2. The summed E-state index contributed by atoms with van der Waals surface area (Å²) < 4.78 is 27.6. The summed E-state index contributed by atoms with van der Waals surface area (Å²) in [4.78, 5) is 17.8. The van der Waals surface area contributed by atoms with E-state index in [1.54, 1.807) is 47.1 Å². The molecule has 0 fully saturated rings. The normalized spacial score (nSPS) is 12.0. The first kappa shape index (κ1) is 18.5. The average molecular weight is 412 g/mol. The van der Waals surface area contributed by atoms with Crippen LogP contribution in [0.5, 0.6) is 0 Å². The second-order valence-corrected chi connectivity index (χ2v) is 9.34. The number of carbonyl (C=O) groups excluding carboxylic acids is 1. The van der Waals surface area contributed by atoms with Gasteiger partial charge in [0.05, 0.1) is 27.2 Å². The number of hydrogen-bond donors (Lipinski definition) is 0. The molecule has 0 bridgehead atoms. The van der Waals surface area contributed by atoms with Crippen molar-refractivity contribution in [1.82, 2.24) is 18.9 Å². The Bertz CT molecular complexity index is 1280. The molecule has 0 N–H and O–H groups in total. The summed E-state index contributed by atoms with van der Waals surface area (Å²) in [5, 5.41) is 6.17. The average Bonchev–Trinajstić information content (AvgIpc) is 3.37. The smallest absolute Gasteiger partial charge is 0.242 e. The number of aromatic nitrogens is 3. The molecule has 0 atom stereocenters. The van der Waals surface area contributed by atoms with Gasteiger partial charge >= 0.3 is 0 Å². The largest absolute Gasteiger partial charge is 0.287 e. The number of sulfonamides is 1. The Morgan fingerprint density at radius 3 is 2.68 bits per heavy atom. The number of rotatable bonds is 5. The SMILES string of the molecule is CN(C)S(=O)(=O)c1cccc(-c2ccnc3c(C(=O)c4cccs4)cnn23)c1. The predicted octanol–water partition coefficient (Wildman–Crippen LogP) is 2.94. The van der Waals surface area contributed by atoms with Crippen LogP contribution in [0.15, 0.2) is 65.1 Å². The van der Waals surface area contributed by atoms with Gasteiger partial charge < -0.3 is 0 Å². The molecule has 4 rings (SSSR count). The molecule has 0 amide bonds. The van der Waals surface area contributed by atoms with Crippen molar-refractivity contribution in [2.45, 2.75) is 4.90 Å². The highest BCUT2D eigenvalue weighted by Gasteiger charge is 2.20. The van der Waals surface area contributed by atoms with Crippen LogP contribution in [0.1, 0.15) is 15.2 Å². The predicted molar refractivity (Wildman–Crippen MR) is 107 cm³/mol. The van der Waals surface area contributed by atoms with Gasteiger partial charge in [-0.25, -0.2) is 22.2 Å². The van der Waals surface area contributed by atoms with Gasteiger partial charge in [-0.3, -0.25) is 4.79 Å². The maximum atomic E-state index is 12.7. The Hall–Kier alpha value is -2.88. The van der Waals surface area contributed by atoms with Crippen molar-refractivity contribution in [3.63, 3.8) is 0 Å². The molecule has 1 aromatic carbocycles. The van der Waals surface area contributed by atoms with E-state index >= 15 is 0 Å². The monoisotopic (exact) mass is 412 g/mol. The van der Waals surface area contributed by atoms with Gasteiger partial charge in [-0.1, -0.05) is 18.2 Å². The highest BCUT2D eigenvalue weighted by Crippen LogP contribution is 2.26. The Kier molecular flexibility index (Phi) is 4.58. The minimum atomic E-state index is -3.56. The second-order valence-electron chi connectivity index (χ2n) is 6.25. The minimum Gasteiger partial charge on any atom is -0.287 e. The zero-order chi connectivity index (χ0) is 19.9. The Morgan fingerprint density at radius 1 is 1.14 bits per heavy atom. The zero-order valence-electron chi connectivity index (χ0n) is 15.1. The molecule has 0 saturated heterocycles. The first-order valence-electron chi connectivity index (χ1n) is 8.33. The molecule has 0 unspecified atom stereocenters. The van der Waals surface area contributed by atoms with Crippen molar-refractivity contribution in [2.24, 2.45) is 0 Å². The molecule has 4 aromatic rings. The molecular weight excluding hydrogens is 396 g/mol. The van der Waals surface area contributed by atoms with E-state index in [1.807, 2.05) is 11.4 Å². The summed E-state index contributed by atoms with van der Waals surface area (Å²) in [5.74, 6) is -0.140. The molecule has 0 spiro atoms. The van der Waals surface area contributed by atoms with Crippen molar-refractivity contribution in [3.05, 3.63) is 70.7 Å². The molecule has 0 aliphatic carbocycles. The van der Waals surface area contributed by atoms with Gasteiger partial charge in [0.1, 0.15) is 0 Å². The van der Waals surface area contributed by atoms with Crippen LogP contribution in [-0.4, -0.2) is 47.2 Å². The van der Waals surface area contributed by atoms with Crippen LogP contribution in [0.3, 0.4) is 0 Å². The summed E-state index contributed by atoms with van der Waals surface area (Å²) in [6.07, 6.45) is 3.08. The van der Waals surface area contributed by atoms with Gasteiger partial charge in [0, 0.05) is 25.9 Å². The Morgan fingerprint density at radius 2 is 1.96 bits per heavy atom. The first-order valence-corrected chi connectivity index (χ1v) is 10.7. The highest BCUT2D eigenvalue weighted by molar-refractivity contribution is 7.89. The Balaban J connectivity index is 1.85. The van der Waals surface area contributed by atoms with Crippen LogP contribution in [0.2, 0.25) is 0 Å². The highest BCUT2D eigenvalue weighted by atomic mass is 32.2. The van der Waals surface area contributed by atoms with E-state index < -0.39 is 10.0 Å². The third kappa shape index (κ3) is 3.03.